The van der Waals surface area contributed by atoms with Gasteiger partial charge in [0.2, 0.25) is 0 Å². The number of para-hydroxylation sites is 1. The SMILES string of the molecule is c1ccc2c(c1)CCCC2OCCN1CCCc2ccccc21. The first kappa shape index (κ1) is 14.8. The number of nitrogens with zero attached hydrogens (tertiary/aromatic N) is 1. The molecule has 1 aliphatic carbocycles. The standard InChI is InChI=1S/C21H25NO/c1-3-11-19-17(7-1)9-5-13-21(19)23-16-15-22-14-6-10-18-8-2-4-12-20(18)22/h1-4,7-8,11-12,21H,5-6,9-10,13-16H2. The van der Waals surface area contributed by atoms with Crippen molar-refractivity contribution in [3.05, 3.63) is 65.2 Å². The molecular weight excluding hydrogens is 282 g/mol. The third kappa shape index (κ3) is 3.13. The Hall–Kier alpha value is -1.80. The normalized spacial score (nSPS) is 20.0. The molecular formula is C21H25NO. The van der Waals surface area contributed by atoms with E-state index in [9.17, 15) is 0 Å². The third-order valence-corrected chi connectivity index (χ3v) is 5.20. The average molecular weight is 307 g/mol. The van der Waals surface area contributed by atoms with Gasteiger partial charge < -0.3 is 9.64 Å². The highest BCUT2D eigenvalue weighted by Gasteiger charge is 2.21. The van der Waals surface area contributed by atoms with Crippen LogP contribution < -0.4 is 4.90 Å². The Morgan fingerprint density at radius 2 is 1.70 bits per heavy atom. The van der Waals surface area contributed by atoms with Crippen molar-refractivity contribution in [3.63, 3.8) is 0 Å². The summed E-state index contributed by atoms with van der Waals surface area (Å²) < 4.78 is 6.29. The molecule has 23 heavy (non-hydrogen) atoms. The summed E-state index contributed by atoms with van der Waals surface area (Å²) in [5.74, 6) is 0. The summed E-state index contributed by atoms with van der Waals surface area (Å²) in [6.07, 6.45) is 6.37. The summed E-state index contributed by atoms with van der Waals surface area (Å²) in [5, 5.41) is 0. The molecule has 0 bridgehead atoms. The molecule has 1 heterocycles. The van der Waals surface area contributed by atoms with E-state index in [0.29, 0.717) is 6.10 Å². The quantitative estimate of drug-likeness (QED) is 0.822. The van der Waals surface area contributed by atoms with E-state index in [2.05, 4.69) is 53.4 Å². The summed E-state index contributed by atoms with van der Waals surface area (Å²) in [6.45, 7) is 2.96. The number of rotatable bonds is 4. The van der Waals surface area contributed by atoms with Crippen LogP contribution in [0.1, 0.15) is 42.1 Å². The highest BCUT2D eigenvalue weighted by molar-refractivity contribution is 5.55. The smallest absolute Gasteiger partial charge is 0.0828 e. The zero-order chi connectivity index (χ0) is 15.5. The van der Waals surface area contributed by atoms with Gasteiger partial charge in [0, 0.05) is 18.8 Å². The largest absolute Gasteiger partial charge is 0.372 e. The number of aryl methyl sites for hydroxylation is 2. The minimum absolute atomic E-state index is 0.292. The van der Waals surface area contributed by atoms with Crippen LogP contribution in [0.5, 0.6) is 0 Å². The molecule has 4 rings (SSSR count). The van der Waals surface area contributed by atoms with Crippen LogP contribution in [0.25, 0.3) is 0 Å². The minimum Gasteiger partial charge on any atom is -0.372 e. The van der Waals surface area contributed by atoms with Gasteiger partial charge in [-0.3, -0.25) is 0 Å². The number of fused-ring (bicyclic) bond motifs is 2. The van der Waals surface area contributed by atoms with Crippen LogP contribution in [0.3, 0.4) is 0 Å². The van der Waals surface area contributed by atoms with Crippen molar-refractivity contribution in [2.24, 2.45) is 0 Å². The summed E-state index contributed by atoms with van der Waals surface area (Å²) >= 11 is 0. The molecule has 0 N–H and O–H groups in total. The maximum Gasteiger partial charge on any atom is 0.0828 e. The van der Waals surface area contributed by atoms with E-state index in [-0.39, 0.29) is 0 Å². The summed E-state index contributed by atoms with van der Waals surface area (Å²) in [5.41, 5.74) is 5.79. The lowest BCUT2D eigenvalue weighted by molar-refractivity contribution is 0.0451. The number of hydrogen-bond donors (Lipinski definition) is 0. The number of hydrogen-bond acceptors (Lipinski definition) is 2. The minimum atomic E-state index is 0.292. The lowest BCUT2D eigenvalue weighted by Crippen LogP contribution is -2.33. The highest BCUT2D eigenvalue weighted by Crippen LogP contribution is 2.32. The topological polar surface area (TPSA) is 12.5 Å². The second-order valence-electron chi connectivity index (χ2n) is 6.67. The first-order valence-corrected chi connectivity index (χ1v) is 8.94. The fraction of sp³-hybridized carbons (Fsp3) is 0.429. The Bertz CT molecular complexity index is 609. The number of ether oxygens (including phenoxy) is 1. The maximum absolute atomic E-state index is 6.29. The molecule has 0 aromatic heterocycles. The second-order valence-corrected chi connectivity index (χ2v) is 6.67. The van der Waals surface area contributed by atoms with Crippen molar-refractivity contribution in [1.82, 2.24) is 0 Å². The number of benzene rings is 2. The molecule has 120 valence electrons. The molecule has 0 radical (unpaired) electrons. The van der Waals surface area contributed by atoms with Crippen molar-refractivity contribution in [2.75, 3.05) is 24.6 Å². The molecule has 1 aliphatic heterocycles. The van der Waals surface area contributed by atoms with Crippen LogP contribution in [0, 0.1) is 0 Å². The Morgan fingerprint density at radius 1 is 0.913 bits per heavy atom. The van der Waals surface area contributed by atoms with Crippen LogP contribution in [0.4, 0.5) is 5.69 Å². The van der Waals surface area contributed by atoms with Crippen molar-refractivity contribution in [3.8, 4) is 0 Å². The van der Waals surface area contributed by atoms with Gasteiger partial charge in [0.25, 0.3) is 0 Å². The lowest BCUT2D eigenvalue weighted by Gasteiger charge is -2.32. The van der Waals surface area contributed by atoms with Gasteiger partial charge in [0.05, 0.1) is 12.7 Å². The Kier molecular flexibility index (Phi) is 4.34. The van der Waals surface area contributed by atoms with E-state index in [1.165, 1.54) is 48.1 Å². The second kappa shape index (κ2) is 6.76. The van der Waals surface area contributed by atoms with Gasteiger partial charge in [-0.25, -0.2) is 0 Å². The van der Waals surface area contributed by atoms with E-state index in [0.717, 1.165) is 26.1 Å². The fourth-order valence-corrected chi connectivity index (χ4v) is 4.03. The third-order valence-electron chi connectivity index (χ3n) is 5.20. The van der Waals surface area contributed by atoms with Crippen LogP contribution in [0.2, 0.25) is 0 Å². The van der Waals surface area contributed by atoms with Gasteiger partial charge in [-0.15, -0.1) is 0 Å². The summed E-state index contributed by atoms with van der Waals surface area (Å²) in [7, 11) is 0. The molecule has 2 aliphatic rings. The van der Waals surface area contributed by atoms with Gasteiger partial charge in [-0.05, 0) is 54.9 Å². The Labute approximate surface area is 139 Å². The van der Waals surface area contributed by atoms with Gasteiger partial charge in [0.1, 0.15) is 0 Å². The van der Waals surface area contributed by atoms with E-state index >= 15 is 0 Å². The van der Waals surface area contributed by atoms with Crippen molar-refractivity contribution in [1.29, 1.82) is 0 Å². The molecule has 2 aromatic rings. The molecule has 1 unspecified atom stereocenters. The molecule has 1 atom stereocenters. The lowest BCUT2D eigenvalue weighted by atomic mass is 9.89. The predicted octanol–water partition coefficient (Wildman–Crippen LogP) is 4.53. The molecule has 0 amide bonds. The fourth-order valence-electron chi connectivity index (χ4n) is 4.03. The van der Waals surface area contributed by atoms with E-state index in [1.807, 2.05) is 0 Å². The molecule has 0 fully saturated rings. The maximum atomic E-state index is 6.29. The van der Waals surface area contributed by atoms with Crippen molar-refractivity contribution < 1.29 is 4.74 Å². The predicted molar refractivity (Wildman–Crippen MR) is 95.0 cm³/mol. The molecule has 2 aromatic carbocycles. The van der Waals surface area contributed by atoms with E-state index < -0.39 is 0 Å². The first-order valence-electron chi connectivity index (χ1n) is 8.94. The van der Waals surface area contributed by atoms with Gasteiger partial charge >= 0.3 is 0 Å². The first-order chi connectivity index (χ1) is 11.4. The molecule has 2 nitrogen and oxygen atoms in total. The zero-order valence-corrected chi connectivity index (χ0v) is 13.7. The summed E-state index contributed by atoms with van der Waals surface area (Å²) in [4.78, 5) is 2.49. The van der Waals surface area contributed by atoms with E-state index in [1.54, 1.807) is 0 Å². The Balaban J connectivity index is 1.38. The Morgan fingerprint density at radius 3 is 2.65 bits per heavy atom. The molecule has 2 heteroatoms. The number of anilines is 1. The monoisotopic (exact) mass is 307 g/mol. The average Bonchev–Trinajstić information content (AvgIpc) is 2.62. The van der Waals surface area contributed by atoms with Crippen LogP contribution in [-0.2, 0) is 17.6 Å². The van der Waals surface area contributed by atoms with Crippen LogP contribution in [0.15, 0.2) is 48.5 Å². The van der Waals surface area contributed by atoms with Crippen molar-refractivity contribution in [2.45, 2.75) is 38.2 Å². The van der Waals surface area contributed by atoms with Crippen LogP contribution in [-0.4, -0.2) is 19.7 Å². The van der Waals surface area contributed by atoms with E-state index in [4.69, 9.17) is 4.74 Å². The van der Waals surface area contributed by atoms with Gasteiger partial charge in [-0.2, -0.15) is 0 Å². The summed E-state index contributed by atoms with van der Waals surface area (Å²) in [6, 6.07) is 17.6. The van der Waals surface area contributed by atoms with Gasteiger partial charge in [-0.1, -0.05) is 42.5 Å². The zero-order valence-electron chi connectivity index (χ0n) is 13.7. The van der Waals surface area contributed by atoms with Gasteiger partial charge in [0.15, 0.2) is 0 Å². The van der Waals surface area contributed by atoms with Crippen molar-refractivity contribution >= 4 is 5.69 Å². The highest BCUT2D eigenvalue weighted by atomic mass is 16.5. The molecule has 0 spiro atoms. The molecule has 0 saturated heterocycles. The van der Waals surface area contributed by atoms with Crippen LogP contribution >= 0.6 is 0 Å². The molecule has 0 saturated carbocycles.